The molecule has 1 heterocycles. The Labute approximate surface area is 176 Å². The van der Waals surface area contributed by atoms with E-state index < -0.39 is 10.0 Å². The first-order chi connectivity index (χ1) is 13.9. The SMILES string of the molecule is COc1ccc(/C=C/C(=O)Nc2ccc(Cl)c(S(=O)(=O)N3CCCCC3)c2)cc1. The van der Waals surface area contributed by atoms with Crippen LogP contribution in [0.25, 0.3) is 6.08 Å². The van der Waals surface area contributed by atoms with Crippen molar-refractivity contribution in [2.45, 2.75) is 24.2 Å². The molecular formula is C21H23ClN2O4S. The van der Waals surface area contributed by atoms with E-state index in [1.54, 1.807) is 31.4 Å². The van der Waals surface area contributed by atoms with Gasteiger partial charge in [0.2, 0.25) is 15.9 Å². The largest absolute Gasteiger partial charge is 0.497 e. The number of rotatable bonds is 6. The van der Waals surface area contributed by atoms with Crippen LogP contribution in [0.2, 0.25) is 5.02 Å². The van der Waals surface area contributed by atoms with E-state index in [2.05, 4.69) is 5.32 Å². The van der Waals surface area contributed by atoms with E-state index in [-0.39, 0.29) is 15.8 Å². The molecule has 29 heavy (non-hydrogen) atoms. The molecule has 154 valence electrons. The summed E-state index contributed by atoms with van der Waals surface area (Å²) in [6.45, 7) is 0.972. The molecule has 0 radical (unpaired) electrons. The van der Waals surface area contributed by atoms with Gasteiger partial charge >= 0.3 is 0 Å². The number of piperidine rings is 1. The number of nitrogens with one attached hydrogen (secondary N) is 1. The molecular weight excluding hydrogens is 412 g/mol. The number of carbonyl (C=O) groups excluding carboxylic acids is 1. The van der Waals surface area contributed by atoms with Gasteiger partial charge in [-0.3, -0.25) is 4.79 Å². The number of ether oxygens (including phenoxy) is 1. The summed E-state index contributed by atoms with van der Waals surface area (Å²) in [5.74, 6) is 0.361. The molecule has 8 heteroatoms. The Bertz CT molecular complexity index is 998. The number of anilines is 1. The van der Waals surface area contributed by atoms with E-state index in [4.69, 9.17) is 16.3 Å². The molecule has 1 saturated heterocycles. The number of amides is 1. The fourth-order valence-corrected chi connectivity index (χ4v) is 5.11. The third-order valence-corrected chi connectivity index (χ3v) is 7.05. The minimum absolute atomic E-state index is 0.0120. The second-order valence-corrected chi connectivity index (χ2v) is 9.02. The summed E-state index contributed by atoms with van der Waals surface area (Å²) in [5.41, 5.74) is 1.21. The highest BCUT2D eigenvalue weighted by molar-refractivity contribution is 7.89. The predicted octanol–water partition coefficient (Wildman–Crippen LogP) is 4.18. The summed E-state index contributed by atoms with van der Waals surface area (Å²) < 4.78 is 32.4. The minimum Gasteiger partial charge on any atom is -0.497 e. The van der Waals surface area contributed by atoms with Crippen LogP contribution in [0.1, 0.15) is 24.8 Å². The Balaban J connectivity index is 1.73. The number of halogens is 1. The molecule has 2 aromatic carbocycles. The lowest BCUT2D eigenvalue weighted by atomic mass is 10.2. The van der Waals surface area contributed by atoms with Crippen LogP contribution >= 0.6 is 11.6 Å². The van der Waals surface area contributed by atoms with Crippen molar-refractivity contribution in [3.05, 3.63) is 59.1 Å². The number of nitrogens with zero attached hydrogens (tertiary/aromatic N) is 1. The number of sulfonamides is 1. The molecule has 6 nitrogen and oxygen atoms in total. The molecule has 0 spiro atoms. The summed E-state index contributed by atoms with van der Waals surface area (Å²) in [7, 11) is -2.11. The van der Waals surface area contributed by atoms with E-state index in [1.165, 1.54) is 22.5 Å². The van der Waals surface area contributed by atoms with Crippen LogP contribution in [0.3, 0.4) is 0 Å². The molecule has 1 N–H and O–H groups in total. The standard InChI is InChI=1S/C21H23ClN2O4S/c1-28-18-9-5-16(6-10-18)7-12-21(25)23-17-8-11-19(22)20(15-17)29(26,27)24-13-3-2-4-14-24/h5-12,15H,2-4,13-14H2,1H3,(H,23,25)/b12-7+. The highest BCUT2D eigenvalue weighted by Gasteiger charge is 2.28. The topological polar surface area (TPSA) is 75.7 Å². The Morgan fingerprint density at radius 1 is 1.10 bits per heavy atom. The number of hydrogen-bond acceptors (Lipinski definition) is 4. The third-order valence-electron chi connectivity index (χ3n) is 4.67. The molecule has 0 bridgehead atoms. The summed E-state index contributed by atoms with van der Waals surface area (Å²) in [4.78, 5) is 12.3. The Hall–Kier alpha value is -2.35. The van der Waals surface area contributed by atoms with Crippen LogP contribution in [-0.2, 0) is 14.8 Å². The fraction of sp³-hybridized carbons (Fsp3) is 0.286. The molecule has 1 aliphatic rings. The van der Waals surface area contributed by atoms with Crippen molar-refractivity contribution in [2.75, 3.05) is 25.5 Å². The molecule has 1 fully saturated rings. The average molecular weight is 435 g/mol. The van der Waals surface area contributed by atoms with Crippen molar-refractivity contribution in [1.29, 1.82) is 0 Å². The highest BCUT2D eigenvalue weighted by Crippen LogP contribution is 2.29. The first-order valence-corrected chi connectivity index (χ1v) is 11.1. The van der Waals surface area contributed by atoms with Crippen LogP contribution < -0.4 is 10.1 Å². The van der Waals surface area contributed by atoms with Crippen molar-refractivity contribution in [2.24, 2.45) is 0 Å². The van der Waals surface area contributed by atoms with E-state index in [1.807, 2.05) is 12.1 Å². The van der Waals surface area contributed by atoms with Gasteiger partial charge in [0, 0.05) is 24.9 Å². The second kappa shape index (κ2) is 9.43. The number of benzene rings is 2. The lowest BCUT2D eigenvalue weighted by Gasteiger charge is -2.26. The van der Waals surface area contributed by atoms with Gasteiger partial charge in [-0.15, -0.1) is 0 Å². The van der Waals surface area contributed by atoms with E-state index in [9.17, 15) is 13.2 Å². The average Bonchev–Trinajstić information content (AvgIpc) is 2.74. The molecule has 1 aliphatic heterocycles. The van der Waals surface area contributed by atoms with Crippen LogP contribution in [-0.4, -0.2) is 38.8 Å². The van der Waals surface area contributed by atoms with Gasteiger partial charge in [0.1, 0.15) is 10.6 Å². The van der Waals surface area contributed by atoms with Crippen molar-refractivity contribution in [3.63, 3.8) is 0 Å². The molecule has 0 aromatic heterocycles. The maximum Gasteiger partial charge on any atom is 0.248 e. The van der Waals surface area contributed by atoms with Gasteiger partial charge in [-0.05, 0) is 54.8 Å². The lowest BCUT2D eigenvalue weighted by Crippen LogP contribution is -2.35. The Kier molecular flexibility index (Phi) is 6.95. The van der Waals surface area contributed by atoms with Crippen molar-refractivity contribution in [3.8, 4) is 5.75 Å². The van der Waals surface area contributed by atoms with E-state index in [0.717, 1.165) is 30.6 Å². The summed E-state index contributed by atoms with van der Waals surface area (Å²) >= 11 is 6.16. The molecule has 0 atom stereocenters. The molecule has 2 aromatic rings. The first kappa shape index (κ1) is 21.4. The lowest BCUT2D eigenvalue weighted by molar-refractivity contribution is -0.111. The Morgan fingerprint density at radius 3 is 2.45 bits per heavy atom. The maximum atomic E-state index is 12.9. The van der Waals surface area contributed by atoms with Crippen molar-refractivity contribution in [1.82, 2.24) is 4.31 Å². The Morgan fingerprint density at radius 2 is 1.79 bits per heavy atom. The summed E-state index contributed by atoms with van der Waals surface area (Å²) in [6.07, 6.45) is 5.74. The maximum absolute atomic E-state index is 12.9. The van der Waals surface area contributed by atoms with Gasteiger partial charge < -0.3 is 10.1 Å². The quantitative estimate of drug-likeness (QED) is 0.692. The zero-order chi connectivity index (χ0) is 20.9. The van der Waals surface area contributed by atoms with Gasteiger partial charge in [-0.1, -0.05) is 30.2 Å². The molecule has 3 rings (SSSR count). The van der Waals surface area contributed by atoms with E-state index >= 15 is 0 Å². The van der Waals surface area contributed by atoms with Crippen molar-refractivity contribution >= 4 is 39.3 Å². The first-order valence-electron chi connectivity index (χ1n) is 9.33. The fourth-order valence-electron chi connectivity index (χ4n) is 3.09. The molecule has 0 saturated carbocycles. The van der Waals surface area contributed by atoms with Gasteiger partial charge in [0.25, 0.3) is 0 Å². The minimum atomic E-state index is -3.69. The third kappa shape index (κ3) is 5.38. The predicted molar refractivity (Wildman–Crippen MR) is 115 cm³/mol. The van der Waals surface area contributed by atoms with Crippen LogP contribution in [0.4, 0.5) is 5.69 Å². The molecule has 0 aliphatic carbocycles. The van der Waals surface area contributed by atoms with Crippen LogP contribution in [0.15, 0.2) is 53.4 Å². The van der Waals surface area contributed by atoms with Crippen molar-refractivity contribution < 1.29 is 17.9 Å². The van der Waals surface area contributed by atoms with Gasteiger partial charge in [-0.25, -0.2) is 8.42 Å². The van der Waals surface area contributed by atoms with Crippen LogP contribution in [0, 0.1) is 0 Å². The zero-order valence-corrected chi connectivity index (χ0v) is 17.7. The van der Waals surface area contributed by atoms with Gasteiger partial charge in [-0.2, -0.15) is 4.31 Å². The number of hydrogen-bond donors (Lipinski definition) is 1. The van der Waals surface area contributed by atoms with Gasteiger partial charge in [0.15, 0.2) is 0 Å². The summed E-state index contributed by atoms with van der Waals surface area (Å²) in [5, 5.41) is 2.83. The highest BCUT2D eigenvalue weighted by atomic mass is 35.5. The number of carbonyl (C=O) groups is 1. The smallest absolute Gasteiger partial charge is 0.248 e. The normalized spacial score (nSPS) is 15.4. The molecule has 1 amide bonds. The van der Waals surface area contributed by atoms with Crippen LogP contribution in [0.5, 0.6) is 5.75 Å². The second-order valence-electron chi connectivity index (χ2n) is 6.71. The monoisotopic (exact) mass is 434 g/mol. The van der Waals surface area contributed by atoms with Gasteiger partial charge in [0.05, 0.1) is 12.1 Å². The van der Waals surface area contributed by atoms with E-state index in [0.29, 0.717) is 18.8 Å². The summed E-state index contributed by atoms with van der Waals surface area (Å²) in [6, 6.07) is 11.7. The number of methoxy groups -OCH3 is 1. The molecule has 0 unspecified atom stereocenters. The zero-order valence-electron chi connectivity index (χ0n) is 16.1.